The number of aryl methyl sites for hydroxylation is 2. The molecular weight excluding hydrogens is 338 g/mol. The molecule has 1 aliphatic rings. The van der Waals surface area contributed by atoms with Crippen molar-refractivity contribution in [3.63, 3.8) is 0 Å². The molecule has 1 saturated heterocycles. The second-order valence-corrected chi connectivity index (χ2v) is 6.96. The van der Waals surface area contributed by atoms with Crippen LogP contribution >= 0.6 is 11.6 Å². The number of carbonyl (C=O) groups excluding carboxylic acids is 1. The zero-order valence-corrected chi connectivity index (χ0v) is 15.5. The summed E-state index contributed by atoms with van der Waals surface area (Å²) in [7, 11) is 0. The van der Waals surface area contributed by atoms with Gasteiger partial charge < -0.3 is 9.73 Å². The van der Waals surface area contributed by atoms with Gasteiger partial charge in [0, 0.05) is 37.1 Å². The average Bonchev–Trinajstić information content (AvgIpc) is 3.00. The molecular formula is C19H24ClN3O2. The quantitative estimate of drug-likeness (QED) is 0.884. The van der Waals surface area contributed by atoms with E-state index in [-0.39, 0.29) is 11.9 Å². The molecule has 134 valence electrons. The minimum atomic E-state index is -0.152. The average molecular weight is 362 g/mol. The van der Waals surface area contributed by atoms with Gasteiger partial charge in [0.2, 0.25) is 5.76 Å². The molecule has 1 N–H and O–H groups in total. The number of aromatic nitrogens is 1. The van der Waals surface area contributed by atoms with Crippen LogP contribution in [0.15, 0.2) is 28.7 Å². The summed E-state index contributed by atoms with van der Waals surface area (Å²) in [5, 5.41) is 3.85. The third-order valence-electron chi connectivity index (χ3n) is 4.59. The van der Waals surface area contributed by atoms with Crippen LogP contribution in [0.2, 0.25) is 5.02 Å². The second kappa shape index (κ2) is 8.02. The van der Waals surface area contributed by atoms with Crippen molar-refractivity contribution in [2.45, 2.75) is 45.7 Å². The van der Waals surface area contributed by atoms with Gasteiger partial charge in [-0.3, -0.25) is 9.69 Å². The Labute approximate surface area is 153 Å². The number of hydrogen-bond donors (Lipinski definition) is 1. The van der Waals surface area contributed by atoms with Crippen LogP contribution in [0.4, 0.5) is 0 Å². The number of nitrogens with one attached hydrogen (secondary N) is 1. The van der Waals surface area contributed by atoms with E-state index in [4.69, 9.17) is 16.0 Å². The third kappa shape index (κ3) is 4.61. The van der Waals surface area contributed by atoms with Crippen LogP contribution in [0.25, 0.3) is 0 Å². The summed E-state index contributed by atoms with van der Waals surface area (Å²) in [5.74, 6) is 0.807. The maximum Gasteiger partial charge on any atom is 0.289 e. The van der Waals surface area contributed by atoms with E-state index < -0.39 is 0 Å². The lowest BCUT2D eigenvalue weighted by atomic mass is 10.0. The van der Waals surface area contributed by atoms with Crippen molar-refractivity contribution in [3.05, 3.63) is 52.2 Å². The van der Waals surface area contributed by atoms with Crippen molar-refractivity contribution < 1.29 is 9.21 Å². The number of hydrogen-bond acceptors (Lipinski definition) is 4. The molecule has 0 spiro atoms. The lowest BCUT2D eigenvalue weighted by Crippen LogP contribution is -2.44. The van der Waals surface area contributed by atoms with Crippen LogP contribution < -0.4 is 5.32 Å². The number of carbonyl (C=O) groups is 1. The van der Waals surface area contributed by atoms with Gasteiger partial charge in [-0.15, -0.1) is 0 Å². The molecule has 0 aliphatic carbocycles. The van der Waals surface area contributed by atoms with Gasteiger partial charge in [0.25, 0.3) is 5.91 Å². The lowest BCUT2D eigenvalue weighted by Gasteiger charge is -2.32. The van der Waals surface area contributed by atoms with Crippen LogP contribution in [-0.4, -0.2) is 34.9 Å². The van der Waals surface area contributed by atoms with Crippen molar-refractivity contribution in [2.75, 3.05) is 13.1 Å². The SMILES string of the molecule is CCc1nc(C)c(C(=O)NC2CCN(Cc3ccc(Cl)cc3)CC2)o1. The van der Waals surface area contributed by atoms with E-state index in [1.54, 1.807) is 0 Å². The summed E-state index contributed by atoms with van der Waals surface area (Å²) in [6, 6.07) is 8.16. The molecule has 0 atom stereocenters. The lowest BCUT2D eigenvalue weighted by molar-refractivity contribution is 0.0878. The summed E-state index contributed by atoms with van der Waals surface area (Å²) < 4.78 is 5.53. The van der Waals surface area contributed by atoms with Gasteiger partial charge in [-0.25, -0.2) is 4.98 Å². The Kier molecular flexibility index (Phi) is 5.76. The van der Waals surface area contributed by atoms with E-state index in [1.807, 2.05) is 26.0 Å². The van der Waals surface area contributed by atoms with Crippen LogP contribution in [0.1, 0.15) is 47.5 Å². The number of oxazole rings is 1. The molecule has 6 heteroatoms. The Bertz CT molecular complexity index is 719. The number of nitrogens with zero attached hydrogens (tertiary/aromatic N) is 2. The molecule has 25 heavy (non-hydrogen) atoms. The molecule has 0 radical (unpaired) electrons. The van der Waals surface area contributed by atoms with E-state index in [2.05, 4.69) is 27.3 Å². The molecule has 2 aromatic rings. The van der Waals surface area contributed by atoms with E-state index in [0.29, 0.717) is 23.8 Å². The highest BCUT2D eigenvalue weighted by Gasteiger charge is 2.24. The smallest absolute Gasteiger partial charge is 0.289 e. The monoisotopic (exact) mass is 361 g/mol. The summed E-state index contributed by atoms with van der Waals surface area (Å²) in [6.07, 6.45) is 2.57. The van der Waals surface area contributed by atoms with Gasteiger partial charge in [0.15, 0.2) is 5.89 Å². The number of halogens is 1. The Morgan fingerprint density at radius 3 is 2.60 bits per heavy atom. The van der Waals surface area contributed by atoms with Crippen LogP contribution in [0.3, 0.4) is 0 Å². The molecule has 3 rings (SSSR count). The van der Waals surface area contributed by atoms with Gasteiger partial charge >= 0.3 is 0 Å². The van der Waals surface area contributed by atoms with Gasteiger partial charge in [0.05, 0.1) is 5.69 Å². The molecule has 1 fully saturated rings. The highest BCUT2D eigenvalue weighted by atomic mass is 35.5. The van der Waals surface area contributed by atoms with E-state index in [9.17, 15) is 4.79 Å². The Balaban J connectivity index is 1.49. The fourth-order valence-electron chi connectivity index (χ4n) is 3.15. The summed E-state index contributed by atoms with van der Waals surface area (Å²) in [5.41, 5.74) is 1.92. The number of piperidine rings is 1. The standard InChI is InChI=1S/C19H24ClN3O2/c1-3-17-21-13(2)18(25-17)19(24)22-16-8-10-23(11-9-16)12-14-4-6-15(20)7-5-14/h4-7,16H,3,8-12H2,1-2H3,(H,22,24). The molecule has 1 amide bonds. The molecule has 1 aromatic heterocycles. The zero-order chi connectivity index (χ0) is 17.8. The Morgan fingerprint density at radius 2 is 2.00 bits per heavy atom. The zero-order valence-electron chi connectivity index (χ0n) is 14.7. The minimum absolute atomic E-state index is 0.152. The summed E-state index contributed by atoms with van der Waals surface area (Å²) in [4.78, 5) is 19.1. The van der Waals surface area contributed by atoms with Crippen molar-refractivity contribution in [2.24, 2.45) is 0 Å². The van der Waals surface area contributed by atoms with Crippen LogP contribution in [-0.2, 0) is 13.0 Å². The van der Waals surface area contributed by atoms with Crippen molar-refractivity contribution in [3.8, 4) is 0 Å². The maximum absolute atomic E-state index is 12.4. The first kappa shape index (κ1) is 18.0. The predicted octanol–water partition coefficient (Wildman–Crippen LogP) is 3.59. The van der Waals surface area contributed by atoms with Crippen molar-refractivity contribution in [1.82, 2.24) is 15.2 Å². The predicted molar refractivity (Wildman–Crippen MR) is 97.8 cm³/mol. The second-order valence-electron chi connectivity index (χ2n) is 6.53. The fourth-order valence-corrected chi connectivity index (χ4v) is 3.27. The molecule has 5 nitrogen and oxygen atoms in total. The molecule has 1 aromatic carbocycles. The first-order chi connectivity index (χ1) is 12.0. The number of rotatable bonds is 5. The Morgan fingerprint density at radius 1 is 1.32 bits per heavy atom. The van der Waals surface area contributed by atoms with E-state index >= 15 is 0 Å². The number of benzene rings is 1. The minimum Gasteiger partial charge on any atom is -0.435 e. The first-order valence-electron chi connectivity index (χ1n) is 8.79. The van der Waals surface area contributed by atoms with Gasteiger partial charge in [0.1, 0.15) is 0 Å². The summed E-state index contributed by atoms with van der Waals surface area (Å²) >= 11 is 5.93. The largest absolute Gasteiger partial charge is 0.435 e. The van der Waals surface area contributed by atoms with Crippen molar-refractivity contribution >= 4 is 17.5 Å². The normalized spacial score (nSPS) is 16.1. The van der Waals surface area contributed by atoms with Gasteiger partial charge in [-0.2, -0.15) is 0 Å². The van der Waals surface area contributed by atoms with E-state index in [0.717, 1.165) is 37.5 Å². The van der Waals surface area contributed by atoms with Crippen molar-refractivity contribution in [1.29, 1.82) is 0 Å². The maximum atomic E-state index is 12.4. The highest BCUT2D eigenvalue weighted by Crippen LogP contribution is 2.17. The molecule has 1 aliphatic heterocycles. The molecule has 0 bridgehead atoms. The topological polar surface area (TPSA) is 58.4 Å². The van der Waals surface area contributed by atoms with Gasteiger partial charge in [-0.1, -0.05) is 30.7 Å². The number of likely N-dealkylation sites (tertiary alicyclic amines) is 1. The summed E-state index contributed by atoms with van der Waals surface area (Å²) in [6.45, 7) is 6.61. The van der Waals surface area contributed by atoms with Crippen LogP contribution in [0.5, 0.6) is 0 Å². The van der Waals surface area contributed by atoms with Crippen LogP contribution in [0, 0.1) is 6.92 Å². The van der Waals surface area contributed by atoms with E-state index in [1.165, 1.54) is 5.56 Å². The molecule has 0 saturated carbocycles. The van der Waals surface area contributed by atoms with Gasteiger partial charge in [-0.05, 0) is 37.5 Å². The first-order valence-corrected chi connectivity index (χ1v) is 9.17. The highest BCUT2D eigenvalue weighted by molar-refractivity contribution is 6.30. The fraction of sp³-hybridized carbons (Fsp3) is 0.474. The molecule has 0 unspecified atom stereocenters. The number of amides is 1. The third-order valence-corrected chi connectivity index (χ3v) is 4.84. The Hall–Kier alpha value is -1.85. The molecule has 2 heterocycles.